The molecule has 0 bridgehead atoms. The number of amides is 1. The number of benzene rings is 2. The lowest BCUT2D eigenvalue weighted by atomic mass is 10.1. The fourth-order valence-corrected chi connectivity index (χ4v) is 6.11. The van der Waals surface area contributed by atoms with Gasteiger partial charge in [-0.2, -0.15) is 0 Å². The summed E-state index contributed by atoms with van der Waals surface area (Å²) >= 11 is 1.49. The van der Waals surface area contributed by atoms with E-state index in [1.807, 2.05) is 30.3 Å². The first-order chi connectivity index (χ1) is 15.8. The van der Waals surface area contributed by atoms with Gasteiger partial charge in [0.1, 0.15) is 16.5 Å². The van der Waals surface area contributed by atoms with Crippen molar-refractivity contribution in [3.05, 3.63) is 95.3 Å². The molecule has 0 saturated carbocycles. The molecular formula is C24H16F2N2O3S2. The van der Waals surface area contributed by atoms with Gasteiger partial charge in [0.05, 0.1) is 5.75 Å². The van der Waals surface area contributed by atoms with E-state index in [2.05, 4.69) is 10.3 Å². The minimum atomic E-state index is -4.02. The average Bonchev–Trinajstić information content (AvgIpc) is 3.41. The molecule has 2 aromatic carbocycles. The lowest BCUT2D eigenvalue weighted by Gasteiger charge is -2.07. The molecule has 5 nitrogen and oxygen atoms in total. The summed E-state index contributed by atoms with van der Waals surface area (Å²) in [5, 5.41) is 2.80. The van der Waals surface area contributed by atoms with Crippen LogP contribution in [0.2, 0.25) is 0 Å². The predicted molar refractivity (Wildman–Crippen MR) is 121 cm³/mol. The molecule has 166 valence electrons. The fourth-order valence-electron chi connectivity index (χ4n) is 3.74. The van der Waals surface area contributed by atoms with Crippen LogP contribution in [0.25, 0.3) is 20.9 Å². The van der Waals surface area contributed by atoms with E-state index in [1.165, 1.54) is 17.5 Å². The minimum absolute atomic E-state index is 0.0840. The third-order valence-corrected chi connectivity index (χ3v) is 8.25. The Hall–Kier alpha value is -3.43. The second kappa shape index (κ2) is 8.17. The molecule has 0 unspecified atom stereocenters. The SMILES string of the molecule is O=C1NCc2ccc(-c3ccc(-c4cncc(CS(=O)(=O)c5ccc(F)cc5F)c4)s3)cc21. The normalized spacial score (nSPS) is 13.1. The molecule has 1 N–H and O–H groups in total. The second-order valence-electron chi connectivity index (χ2n) is 7.63. The van der Waals surface area contributed by atoms with Crippen LogP contribution in [0.3, 0.4) is 0 Å². The van der Waals surface area contributed by atoms with Crippen LogP contribution in [-0.4, -0.2) is 19.3 Å². The van der Waals surface area contributed by atoms with Crippen molar-refractivity contribution in [1.82, 2.24) is 10.3 Å². The van der Waals surface area contributed by atoms with Crippen molar-refractivity contribution in [2.45, 2.75) is 17.2 Å². The molecule has 0 saturated heterocycles. The summed E-state index contributed by atoms with van der Waals surface area (Å²) in [6.45, 7) is 0.535. The number of hydrogen-bond donors (Lipinski definition) is 1. The molecule has 1 aliphatic heterocycles. The van der Waals surface area contributed by atoms with Crippen molar-refractivity contribution >= 4 is 27.1 Å². The smallest absolute Gasteiger partial charge is 0.251 e. The number of nitrogens with one attached hydrogen (secondary N) is 1. The monoisotopic (exact) mass is 482 g/mol. The first-order valence-electron chi connectivity index (χ1n) is 9.93. The largest absolute Gasteiger partial charge is 0.348 e. The van der Waals surface area contributed by atoms with Crippen LogP contribution in [0.4, 0.5) is 8.78 Å². The molecule has 3 heterocycles. The van der Waals surface area contributed by atoms with Gasteiger partial charge in [0.15, 0.2) is 9.84 Å². The van der Waals surface area contributed by atoms with Gasteiger partial charge in [0.25, 0.3) is 5.91 Å². The number of carbonyl (C=O) groups is 1. The van der Waals surface area contributed by atoms with E-state index in [0.29, 0.717) is 23.7 Å². The number of fused-ring (bicyclic) bond motifs is 1. The Morgan fingerprint density at radius 3 is 2.52 bits per heavy atom. The van der Waals surface area contributed by atoms with E-state index < -0.39 is 32.1 Å². The Balaban J connectivity index is 1.42. The van der Waals surface area contributed by atoms with E-state index in [0.717, 1.165) is 38.6 Å². The Morgan fingerprint density at radius 2 is 1.73 bits per heavy atom. The molecule has 2 aromatic heterocycles. The third kappa shape index (κ3) is 4.17. The number of rotatable bonds is 5. The molecule has 9 heteroatoms. The highest BCUT2D eigenvalue weighted by Gasteiger charge is 2.22. The van der Waals surface area contributed by atoms with Gasteiger partial charge in [-0.1, -0.05) is 12.1 Å². The molecule has 0 fully saturated rings. The summed E-state index contributed by atoms with van der Waals surface area (Å²) in [5.74, 6) is -2.51. The zero-order chi connectivity index (χ0) is 23.2. The van der Waals surface area contributed by atoms with Crippen LogP contribution in [0.15, 0.2) is 71.9 Å². The van der Waals surface area contributed by atoms with Gasteiger partial charge in [0, 0.05) is 45.9 Å². The summed E-state index contributed by atoms with van der Waals surface area (Å²) in [6.07, 6.45) is 3.04. The van der Waals surface area contributed by atoms with Crippen LogP contribution in [-0.2, 0) is 22.1 Å². The Bertz CT molecular complexity index is 1510. The van der Waals surface area contributed by atoms with Crippen LogP contribution in [0, 0.1) is 11.6 Å². The zero-order valence-electron chi connectivity index (χ0n) is 17.0. The maximum absolute atomic E-state index is 14.0. The van der Waals surface area contributed by atoms with Gasteiger partial charge in [0.2, 0.25) is 0 Å². The number of halogens is 2. The first-order valence-corrected chi connectivity index (χ1v) is 12.4. The van der Waals surface area contributed by atoms with Crippen molar-refractivity contribution in [2.75, 3.05) is 0 Å². The predicted octanol–water partition coefficient (Wildman–Crippen LogP) is 4.97. The molecule has 0 spiro atoms. The summed E-state index contributed by atoms with van der Waals surface area (Å²) in [7, 11) is -4.02. The van der Waals surface area contributed by atoms with E-state index in [-0.39, 0.29) is 5.91 Å². The topological polar surface area (TPSA) is 76.1 Å². The molecule has 0 atom stereocenters. The highest BCUT2D eigenvalue weighted by atomic mass is 32.2. The molecule has 4 aromatic rings. The van der Waals surface area contributed by atoms with Gasteiger partial charge in [-0.15, -0.1) is 11.3 Å². The number of aromatic nitrogens is 1. The molecule has 0 aliphatic carbocycles. The molecule has 33 heavy (non-hydrogen) atoms. The number of pyridine rings is 1. The summed E-state index contributed by atoms with van der Waals surface area (Å²) in [6, 6.07) is 13.7. The van der Waals surface area contributed by atoms with Crippen LogP contribution >= 0.6 is 11.3 Å². The molecule has 5 rings (SSSR count). The Labute approximate surface area is 192 Å². The number of hydrogen-bond acceptors (Lipinski definition) is 5. The number of thiophene rings is 1. The third-order valence-electron chi connectivity index (χ3n) is 5.35. The summed E-state index contributed by atoms with van der Waals surface area (Å²) in [5.41, 5.74) is 3.67. The van der Waals surface area contributed by atoms with Crippen molar-refractivity contribution in [1.29, 1.82) is 0 Å². The average molecular weight is 483 g/mol. The molecule has 1 amide bonds. The van der Waals surface area contributed by atoms with Gasteiger partial charge in [-0.3, -0.25) is 9.78 Å². The zero-order valence-corrected chi connectivity index (χ0v) is 18.6. The molecule has 0 radical (unpaired) electrons. The van der Waals surface area contributed by atoms with Gasteiger partial charge < -0.3 is 5.32 Å². The quantitative estimate of drug-likeness (QED) is 0.408. The van der Waals surface area contributed by atoms with Crippen molar-refractivity contribution in [3.63, 3.8) is 0 Å². The van der Waals surface area contributed by atoms with Crippen molar-refractivity contribution < 1.29 is 22.0 Å². The van der Waals surface area contributed by atoms with Crippen molar-refractivity contribution in [2.24, 2.45) is 0 Å². The maximum Gasteiger partial charge on any atom is 0.251 e. The number of nitrogens with zero attached hydrogens (tertiary/aromatic N) is 1. The van der Waals surface area contributed by atoms with Gasteiger partial charge in [-0.05, 0) is 53.1 Å². The lowest BCUT2D eigenvalue weighted by Crippen LogP contribution is -2.12. The highest BCUT2D eigenvalue weighted by Crippen LogP contribution is 2.36. The maximum atomic E-state index is 14.0. The van der Waals surface area contributed by atoms with E-state index in [1.54, 1.807) is 12.3 Å². The fraction of sp³-hybridized carbons (Fsp3) is 0.0833. The van der Waals surface area contributed by atoms with Crippen LogP contribution in [0.1, 0.15) is 21.5 Å². The Morgan fingerprint density at radius 1 is 0.939 bits per heavy atom. The Kier molecular flexibility index (Phi) is 5.30. The van der Waals surface area contributed by atoms with Crippen molar-refractivity contribution in [3.8, 4) is 20.9 Å². The van der Waals surface area contributed by atoms with E-state index in [9.17, 15) is 22.0 Å². The van der Waals surface area contributed by atoms with Crippen LogP contribution in [0.5, 0.6) is 0 Å². The number of carbonyl (C=O) groups excluding carboxylic acids is 1. The second-order valence-corrected chi connectivity index (χ2v) is 10.7. The summed E-state index contributed by atoms with van der Waals surface area (Å²) < 4.78 is 52.5. The number of sulfone groups is 1. The lowest BCUT2D eigenvalue weighted by molar-refractivity contribution is 0.0965. The van der Waals surface area contributed by atoms with E-state index in [4.69, 9.17) is 0 Å². The van der Waals surface area contributed by atoms with Crippen LogP contribution < -0.4 is 5.32 Å². The van der Waals surface area contributed by atoms with E-state index >= 15 is 0 Å². The standard InChI is InChI=1S/C24H16F2N2O3S2/c25-18-3-6-23(20(26)9-18)33(30,31)13-14-7-17(11-27-10-14)22-5-4-21(32-22)15-1-2-16-12-28-24(29)19(16)8-15/h1-11H,12-13H2,(H,28,29). The van der Waals surface area contributed by atoms with Gasteiger partial charge >= 0.3 is 0 Å². The highest BCUT2D eigenvalue weighted by molar-refractivity contribution is 7.90. The molecule has 1 aliphatic rings. The van der Waals surface area contributed by atoms with Gasteiger partial charge in [-0.25, -0.2) is 17.2 Å². The summed E-state index contributed by atoms with van der Waals surface area (Å²) in [4.78, 5) is 17.4. The molecular weight excluding hydrogens is 466 g/mol. The minimum Gasteiger partial charge on any atom is -0.348 e. The first kappa shape index (κ1) is 21.4.